The van der Waals surface area contributed by atoms with Crippen molar-refractivity contribution in [1.29, 1.82) is 0 Å². The van der Waals surface area contributed by atoms with E-state index in [4.69, 9.17) is 16.3 Å². The van der Waals surface area contributed by atoms with Crippen LogP contribution in [0.1, 0.15) is 33.1 Å². The van der Waals surface area contributed by atoms with E-state index >= 15 is 0 Å². The number of rotatable bonds is 5. The van der Waals surface area contributed by atoms with Gasteiger partial charge in [-0.25, -0.2) is 0 Å². The molecule has 4 heteroatoms. The number of ether oxygens (including phenoxy) is 1. The summed E-state index contributed by atoms with van der Waals surface area (Å²) in [5.74, 6) is 0.632. The number of benzene rings is 1. The lowest BCUT2D eigenvalue weighted by atomic mass is 9.97. The molecule has 1 aliphatic rings. The predicted octanol–water partition coefficient (Wildman–Crippen LogP) is 3.34. The molecule has 0 saturated carbocycles. The predicted molar refractivity (Wildman–Crippen MR) is 82.4 cm³/mol. The average Bonchev–Trinajstić information content (AvgIpc) is 2.42. The van der Waals surface area contributed by atoms with Gasteiger partial charge >= 0.3 is 0 Å². The third-order valence-corrected chi connectivity index (χ3v) is 4.38. The zero-order valence-corrected chi connectivity index (χ0v) is 13.0. The lowest BCUT2D eigenvalue weighted by Crippen LogP contribution is -2.48. The lowest BCUT2D eigenvalue weighted by molar-refractivity contribution is 0.0209. The van der Waals surface area contributed by atoms with Gasteiger partial charge in [-0.2, -0.15) is 0 Å². The number of aliphatic hydroxyl groups excluding tert-OH is 1. The molecule has 1 aliphatic heterocycles. The SMILES string of the molecule is C[C@@H]1CCC[C@@H](C)N1C[C@@H](O)COc1ccccc1Cl. The maximum Gasteiger partial charge on any atom is 0.138 e. The molecule has 0 amide bonds. The van der Waals surface area contributed by atoms with Crippen LogP contribution < -0.4 is 4.74 Å². The van der Waals surface area contributed by atoms with Gasteiger partial charge in [0.15, 0.2) is 0 Å². The summed E-state index contributed by atoms with van der Waals surface area (Å²) in [5.41, 5.74) is 0. The van der Waals surface area contributed by atoms with Gasteiger partial charge in [0.1, 0.15) is 18.5 Å². The maximum atomic E-state index is 10.2. The van der Waals surface area contributed by atoms with Gasteiger partial charge in [0.2, 0.25) is 0 Å². The maximum absolute atomic E-state index is 10.2. The van der Waals surface area contributed by atoms with Crippen molar-refractivity contribution in [2.75, 3.05) is 13.2 Å². The molecule has 3 nitrogen and oxygen atoms in total. The third kappa shape index (κ3) is 4.11. The molecule has 112 valence electrons. The Morgan fingerprint density at radius 1 is 1.30 bits per heavy atom. The number of para-hydroxylation sites is 1. The number of hydrogen-bond donors (Lipinski definition) is 1. The van der Waals surface area contributed by atoms with Crippen LogP contribution in [-0.4, -0.2) is 41.3 Å². The van der Waals surface area contributed by atoms with Crippen molar-refractivity contribution in [3.05, 3.63) is 29.3 Å². The quantitative estimate of drug-likeness (QED) is 0.905. The fourth-order valence-electron chi connectivity index (χ4n) is 2.88. The molecule has 1 fully saturated rings. The lowest BCUT2D eigenvalue weighted by Gasteiger charge is -2.40. The Morgan fingerprint density at radius 3 is 2.60 bits per heavy atom. The second kappa shape index (κ2) is 7.30. The van der Waals surface area contributed by atoms with Gasteiger partial charge in [-0.15, -0.1) is 0 Å². The molecule has 2 rings (SSSR count). The van der Waals surface area contributed by atoms with Crippen molar-refractivity contribution in [2.45, 2.75) is 51.3 Å². The first-order chi connectivity index (χ1) is 9.58. The van der Waals surface area contributed by atoms with Gasteiger partial charge in [-0.05, 0) is 38.8 Å². The summed E-state index contributed by atoms with van der Waals surface area (Å²) >= 11 is 6.03. The van der Waals surface area contributed by atoms with Gasteiger partial charge in [0.05, 0.1) is 5.02 Å². The second-order valence-electron chi connectivity index (χ2n) is 5.72. The van der Waals surface area contributed by atoms with E-state index < -0.39 is 6.10 Å². The van der Waals surface area contributed by atoms with Crippen LogP contribution in [0.3, 0.4) is 0 Å². The van der Waals surface area contributed by atoms with Crippen LogP contribution in [0, 0.1) is 0 Å². The first kappa shape index (κ1) is 15.6. The summed E-state index contributed by atoms with van der Waals surface area (Å²) in [5, 5.41) is 10.8. The van der Waals surface area contributed by atoms with Crippen LogP contribution in [0.5, 0.6) is 5.75 Å². The molecule has 1 saturated heterocycles. The summed E-state index contributed by atoms with van der Waals surface area (Å²) in [6, 6.07) is 8.42. The molecular weight excluding hydrogens is 274 g/mol. The molecule has 3 atom stereocenters. The Balaban J connectivity index is 1.83. The molecular formula is C16H24ClNO2. The topological polar surface area (TPSA) is 32.7 Å². The Kier molecular flexibility index (Phi) is 5.70. The number of β-amino-alcohol motifs (C(OH)–C–C–N with tert-alkyl or cyclic N) is 1. The first-order valence-corrected chi connectivity index (χ1v) is 7.77. The van der Waals surface area contributed by atoms with Crippen LogP contribution in [-0.2, 0) is 0 Å². The number of halogens is 1. The summed E-state index contributed by atoms with van der Waals surface area (Å²) in [7, 11) is 0. The van der Waals surface area contributed by atoms with E-state index in [1.165, 1.54) is 19.3 Å². The van der Waals surface area contributed by atoms with Crippen molar-refractivity contribution in [1.82, 2.24) is 4.90 Å². The van der Waals surface area contributed by atoms with Crippen LogP contribution in [0.4, 0.5) is 0 Å². The Morgan fingerprint density at radius 2 is 1.95 bits per heavy atom. The highest BCUT2D eigenvalue weighted by Crippen LogP contribution is 2.24. The molecule has 20 heavy (non-hydrogen) atoms. The van der Waals surface area contributed by atoms with Gasteiger partial charge in [-0.1, -0.05) is 30.2 Å². The van der Waals surface area contributed by atoms with E-state index in [9.17, 15) is 5.11 Å². The van der Waals surface area contributed by atoms with E-state index in [0.29, 0.717) is 29.4 Å². The Bertz CT molecular complexity index is 417. The van der Waals surface area contributed by atoms with Crippen LogP contribution in [0.25, 0.3) is 0 Å². The van der Waals surface area contributed by atoms with E-state index in [1.807, 2.05) is 18.2 Å². The molecule has 0 radical (unpaired) electrons. The van der Waals surface area contributed by atoms with Gasteiger partial charge in [-0.3, -0.25) is 4.90 Å². The highest BCUT2D eigenvalue weighted by molar-refractivity contribution is 6.32. The summed E-state index contributed by atoms with van der Waals surface area (Å²) in [6.07, 6.45) is 3.21. The van der Waals surface area contributed by atoms with Crippen molar-refractivity contribution in [3.8, 4) is 5.75 Å². The van der Waals surface area contributed by atoms with Crippen molar-refractivity contribution >= 4 is 11.6 Å². The van der Waals surface area contributed by atoms with Gasteiger partial charge < -0.3 is 9.84 Å². The third-order valence-electron chi connectivity index (χ3n) is 4.07. The molecule has 0 spiro atoms. The molecule has 1 N–H and O–H groups in total. The number of hydrogen-bond acceptors (Lipinski definition) is 3. The molecule has 1 aromatic carbocycles. The number of aliphatic hydroxyl groups is 1. The minimum Gasteiger partial charge on any atom is -0.489 e. The minimum atomic E-state index is -0.491. The Labute approximate surface area is 126 Å². The molecule has 0 unspecified atom stereocenters. The van der Waals surface area contributed by atoms with E-state index in [1.54, 1.807) is 6.07 Å². The van der Waals surface area contributed by atoms with Crippen molar-refractivity contribution in [3.63, 3.8) is 0 Å². The molecule has 0 aromatic heterocycles. The van der Waals surface area contributed by atoms with Crippen molar-refractivity contribution < 1.29 is 9.84 Å². The number of piperidine rings is 1. The highest BCUT2D eigenvalue weighted by Gasteiger charge is 2.26. The normalized spacial score (nSPS) is 25.4. The van der Waals surface area contributed by atoms with Crippen LogP contribution >= 0.6 is 11.6 Å². The van der Waals surface area contributed by atoms with Gasteiger partial charge in [0.25, 0.3) is 0 Å². The Hall–Kier alpha value is -0.770. The van der Waals surface area contributed by atoms with Gasteiger partial charge in [0, 0.05) is 18.6 Å². The van der Waals surface area contributed by atoms with E-state index in [2.05, 4.69) is 18.7 Å². The molecule has 1 heterocycles. The zero-order valence-electron chi connectivity index (χ0n) is 12.3. The smallest absolute Gasteiger partial charge is 0.138 e. The summed E-state index contributed by atoms with van der Waals surface area (Å²) in [6.45, 7) is 5.40. The minimum absolute atomic E-state index is 0.277. The monoisotopic (exact) mass is 297 g/mol. The summed E-state index contributed by atoms with van der Waals surface area (Å²) < 4.78 is 5.60. The second-order valence-corrected chi connectivity index (χ2v) is 6.13. The van der Waals surface area contributed by atoms with E-state index in [-0.39, 0.29) is 6.61 Å². The fourth-order valence-corrected chi connectivity index (χ4v) is 3.07. The number of likely N-dealkylation sites (tertiary alicyclic amines) is 1. The largest absolute Gasteiger partial charge is 0.489 e. The highest BCUT2D eigenvalue weighted by atomic mass is 35.5. The molecule has 0 bridgehead atoms. The molecule has 1 aromatic rings. The zero-order chi connectivity index (χ0) is 14.5. The van der Waals surface area contributed by atoms with Crippen LogP contribution in [0.2, 0.25) is 5.02 Å². The van der Waals surface area contributed by atoms with Crippen molar-refractivity contribution in [2.24, 2.45) is 0 Å². The standard InChI is InChI=1S/C16H24ClNO2/c1-12-6-5-7-13(2)18(12)10-14(19)11-20-16-9-4-3-8-15(16)17/h3-4,8-9,12-14,19H,5-7,10-11H2,1-2H3/t12-,13-,14-/m1/s1. The molecule has 0 aliphatic carbocycles. The summed E-state index contributed by atoms with van der Waals surface area (Å²) in [4.78, 5) is 2.38. The average molecular weight is 298 g/mol. The number of nitrogens with zero attached hydrogens (tertiary/aromatic N) is 1. The fraction of sp³-hybridized carbons (Fsp3) is 0.625. The first-order valence-electron chi connectivity index (χ1n) is 7.39. The van der Waals surface area contributed by atoms with E-state index in [0.717, 1.165) is 0 Å². The van der Waals surface area contributed by atoms with Crippen LogP contribution in [0.15, 0.2) is 24.3 Å².